The number of carboxylic acid groups (broad SMARTS) is 5. The zero-order chi connectivity index (χ0) is 66.8. The smallest absolute Gasteiger partial charge is 0.320 e. The van der Waals surface area contributed by atoms with Crippen LogP contribution in [-0.2, 0) is 81.3 Å². The minimum atomic E-state index is -1.43. The lowest BCUT2D eigenvalue weighted by atomic mass is 10.1. The molecule has 8 amide bonds. The van der Waals surface area contributed by atoms with Gasteiger partial charge < -0.3 is 98.5 Å². The van der Waals surface area contributed by atoms with E-state index < -0.39 is 110 Å². The molecule has 0 aliphatic carbocycles. The minimum Gasteiger partial charge on any atom is -0.480 e. The van der Waals surface area contributed by atoms with E-state index in [4.69, 9.17) is 30.4 Å². The van der Waals surface area contributed by atoms with E-state index in [1.165, 1.54) is 4.90 Å². The van der Waals surface area contributed by atoms with Crippen LogP contribution in [0.3, 0.4) is 0 Å². The predicted molar refractivity (Wildman–Crippen MR) is 315 cm³/mol. The van der Waals surface area contributed by atoms with Crippen LogP contribution in [0.15, 0.2) is 0 Å². The van der Waals surface area contributed by atoms with Crippen molar-refractivity contribution in [2.45, 2.75) is 114 Å². The maximum atomic E-state index is 13.3. The summed E-state index contributed by atoms with van der Waals surface area (Å²) in [6.07, 6.45) is 3.58. The average molecular weight is 1280 g/mol. The molecule has 89 heavy (non-hydrogen) atoms. The molecule has 4 atom stereocenters. The first-order valence-electron chi connectivity index (χ1n) is 29.5. The van der Waals surface area contributed by atoms with Gasteiger partial charge in [0.25, 0.3) is 0 Å². The summed E-state index contributed by atoms with van der Waals surface area (Å²) >= 11 is 0. The van der Waals surface area contributed by atoms with Crippen LogP contribution in [-0.4, -0.2) is 294 Å². The van der Waals surface area contributed by atoms with Gasteiger partial charge in [-0.25, -0.2) is 0 Å². The van der Waals surface area contributed by atoms with Crippen LogP contribution in [0.1, 0.15) is 89.9 Å². The Morgan fingerprint density at radius 2 is 0.764 bits per heavy atom. The largest absolute Gasteiger partial charge is 0.480 e. The number of unbranched alkanes of at least 4 members (excludes halogenated alkanes) is 3. The summed E-state index contributed by atoms with van der Waals surface area (Å²) in [6, 6.07) is -3.39. The standard InChI is InChI=1S/C54H97N13O22/c1-57-38(51(55)81)10-3-6-18-60-45(71)36-88-30-29-87-27-21-62-46(72)37-89-31-28-86-26-20-61-42(68)13-9-14-44(70)64-40(53(83)63-19-8-4-11-39(58-2)52(56)82)12-5-7-17-59-43(69)16-15-41(54(84)85)67(24-22-65(32-47(73)74)33-48(75)76)25-23-66(34-49(77)78)35-50(79)80/h38-41,57-58H,3-37H2,1-2H3,(H2,55,81)(H2,56,82)(H,59,69)(H,60,71)(H,61,68)(H,62,72)(H,63,83)(H,64,70)(H,73,74)(H,75,76)(H,77,78)(H,79,80)(H,84,85)/t38-,39-,40-,41-/m0/s1. The van der Waals surface area contributed by atoms with Gasteiger partial charge in [0.15, 0.2) is 0 Å². The molecule has 0 saturated carbocycles. The third kappa shape index (κ3) is 46.5. The Morgan fingerprint density at radius 3 is 1.18 bits per heavy atom. The highest BCUT2D eigenvalue weighted by atomic mass is 16.5. The molecule has 510 valence electrons. The monoisotopic (exact) mass is 1280 g/mol. The van der Waals surface area contributed by atoms with Gasteiger partial charge >= 0.3 is 29.8 Å². The fourth-order valence-corrected chi connectivity index (χ4v) is 8.47. The van der Waals surface area contributed by atoms with Gasteiger partial charge in [-0.15, -0.1) is 0 Å². The molecule has 0 heterocycles. The lowest BCUT2D eigenvalue weighted by Gasteiger charge is -2.32. The Labute approximate surface area is 517 Å². The molecule has 35 heteroatoms. The van der Waals surface area contributed by atoms with Crippen molar-refractivity contribution >= 4 is 77.1 Å². The average Bonchev–Trinajstić information content (AvgIpc) is 3.52. The fourth-order valence-electron chi connectivity index (χ4n) is 8.47. The van der Waals surface area contributed by atoms with Gasteiger partial charge in [0.2, 0.25) is 47.3 Å². The van der Waals surface area contributed by atoms with Crippen LogP contribution in [0.2, 0.25) is 0 Å². The molecule has 0 saturated heterocycles. The Balaban J connectivity index is 4.96. The molecule has 0 spiro atoms. The van der Waals surface area contributed by atoms with E-state index in [1.807, 2.05) is 0 Å². The number of hydrogen-bond donors (Lipinski definition) is 15. The predicted octanol–water partition coefficient (Wildman–Crippen LogP) is -5.58. The second-order valence-corrected chi connectivity index (χ2v) is 20.4. The summed E-state index contributed by atoms with van der Waals surface area (Å²) in [7, 11) is 3.26. The maximum absolute atomic E-state index is 13.3. The van der Waals surface area contributed by atoms with Crippen LogP contribution in [0.4, 0.5) is 0 Å². The van der Waals surface area contributed by atoms with E-state index in [2.05, 4.69) is 42.5 Å². The number of nitrogens with one attached hydrogen (secondary N) is 8. The number of rotatable bonds is 60. The Morgan fingerprint density at radius 1 is 0.393 bits per heavy atom. The molecule has 0 fully saturated rings. The molecular formula is C54H97N13O22. The van der Waals surface area contributed by atoms with Crippen LogP contribution < -0.4 is 54.0 Å². The molecule has 0 radical (unpaired) electrons. The van der Waals surface area contributed by atoms with E-state index in [0.717, 1.165) is 9.80 Å². The van der Waals surface area contributed by atoms with Gasteiger partial charge in [-0.05, 0) is 84.7 Å². The van der Waals surface area contributed by atoms with Crippen LogP contribution >= 0.6 is 0 Å². The highest BCUT2D eigenvalue weighted by Gasteiger charge is 2.29. The molecule has 0 unspecified atom stereocenters. The highest BCUT2D eigenvalue weighted by molar-refractivity contribution is 5.88. The van der Waals surface area contributed by atoms with E-state index in [0.29, 0.717) is 57.9 Å². The van der Waals surface area contributed by atoms with Crippen molar-refractivity contribution in [3.8, 4) is 0 Å². The normalized spacial score (nSPS) is 12.6. The number of aliphatic carboxylic acids is 5. The lowest BCUT2D eigenvalue weighted by Crippen LogP contribution is -2.50. The molecule has 0 aromatic carbocycles. The van der Waals surface area contributed by atoms with Gasteiger partial charge in [-0.3, -0.25) is 77.0 Å². The Hall–Kier alpha value is -7.25. The third-order valence-corrected chi connectivity index (χ3v) is 13.1. The molecule has 17 N–H and O–H groups in total. The molecule has 0 rings (SSSR count). The number of ether oxygens (including phenoxy) is 4. The number of carboxylic acids is 5. The van der Waals surface area contributed by atoms with Crippen molar-refractivity contribution in [2.24, 2.45) is 11.5 Å². The lowest BCUT2D eigenvalue weighted by molar-refractivity contribution is -0.146. The van der Waals surface area contributed by atoms with Crippen molar-refractivity contribution in [2.75, 3.05) is 152 Å². The summed E-state index contributed by atoms with van der Waals surface area (Å²) in [6.45, 7) is -2.09. The zero-order valence-electron chi connectivity index (χ0n) is 51.2. The summed E-state index contributed by atoms with van der Waals surface area (Å²) in [5.41, 5.74) is 10.7. The van der Waals surface area contributed by atoms with Gasteiger partial charge in [0.1, 0.15) is 25.3 Å². The van der Waals surface area contributed by atoms with Gasteiger partial charge in [0.05, 0.1) is 77.9 Å². The first-order valence-corrected chi connectivity index (χ1v) is 29.5. The van der Waals surface area contributed by atoms with E-state index in [9.17, 15) is 87.9 Å². The number of carbonyl (C=O) groups excluding carboxylic acids is 8. The first kappa shape index (κ1) is 81.8. The molecule has 0 aliphatic heterocycles. The maximum Gasteiger partial charge on any atom is 0.320 e. The molecular weight excluding hydrogens is 1180 g/mol. The van der Waals surface area contributed by atoms with Crippen molar-refractivity contribution in [1.29, 1.82) is 0 Å². The van der Waals surface area contributed by atoms with Crippen molar-refractivity contribution in [3.05, 3.63) is 0 Å². The van der Waals surface area contributed by atoms with Crippen LogP contribution in [0.5, 0.6) is 0 Å². The van der Waals surface area contributed by atoms with Crippen molar-refractivity contribution in [3.63, 3.8) is 0 Å². The number of hydrogen-bond acceptors (Lipinski definition) is 22. The fraction of sp³-hybridized carbons (Fsp3) is 0.759. The zero-order valence-corrected chi connectivity index (χ0v) is 51.2. The summed E-state index contributed by atoms with van der Waals surface area (Å²) in [5.74, 6) is -10.3. The molecule has 0 aromatic rings. The first-order chi connectivity index (χ1) is 42.4. The minimum absolute atomic E-state index is 0.0119. The third-order valence-electron chi connectivity index (χ3n) is 13.1. The molecule has 0 aromatic heterocycles. The van der Waals surface area contributed by atoms with Gasteiger partial charge in [-0.1, -0.05) is 0 Å². The van der Waals surface area contributed by atoms with E-state index >= 15 is 0 Å². The Bertz CT molecular complexity index is 2090. The molecule has 35 nitrogen and oxygen atoms in total. The number of amides is 8. The number of primary amides is 2. The Kier molecular flexibility index (Phi) is 47.4. The number of carbonyl (C=O) groups is 13. The van der Waals surface area contributed by atoms with Crippen LogP contribution in [0, 0.1) is 0 Å². The SMILES string of the molecule is CN[C@@H](CCCCNC(=O)COCCOCCNC(=O)COCCOCCNC(=O)CCCC(=O)N[C@@H](CCCCNC(=O)CC[C@@H](C(=O)O)N(CCN(CC(=O)O)CC(=O)O)CCN(CC(=O)O)CC(=O)O)C(=O)NCCCC[C@H](NC)C(N)=O)C(N)=O. The summed E-state index contributed by atoms with van der Waals surface area (Å²) in [5, 5.41) is 69.2. The van der Waals surface area contributed by atoms with Gasteiger partial charge in [-0.2, -0.15) is 0 Å². The van der Waals surface area contributed by atoms with E-state index in [1.54, 1.807) is 14.1 Å². The molecule has 0 bridgehead atoms. The summed E-state index contributed by atoms with van der Waals surface area (Å²) in [4.78, 5) is 160. The second kappa shape index (κ2) is 51.6. The topological polar surface area (TPSA) is 518 Å². The second-order valence-electron chi connectivity index (χ2n) is 20.4. The van der Waals surface area contributed by atoms with Crippen molar-refractivity contribution < 1.29 is 107 Å². The molecule has 0 aliphatic rings. The summed E-state index contributed by atoms with van der Waals surface area (Å²) < 4.78 is 21.4. The van der Waals surface area contributed by atoms with Gasteiger partial charge in [0, 0.05) is 78.2 Å². The number of nitrogens with two attached hydrogens (primary N) is 2. The number of nitrogens with zero attached hydrogens (tertiary/aromatic N) is 3. The number of likely N-dealkylation sites (N-methyl/N-ethyl adjacent to an activating group) is 2. The highest BCUT2D eigenvalue weighted by Crippen LogP contribution is 2.11. The quantitative estimate of drug-likeness (QED) is 0.0253. The van der Waals surface area contributed by atoms with Crippen LogP contribution in [0.25, 0.3) is 0 Å². The van der Waals surface area contributed by atoms with E-state index in [-0.39, 0.29) is 161 Å². The van der Waals surface area contributed by atoms with Crippen molar-refractivity contribution in [1.82, 2.24) is 57.2 Å².